The van der Waals surface area contributed by atoms with Gasteiger partial charge in [0.15, 0.2) is 11.5 Å². The largest absolute Gasteiger partial charge is 0.451 e. The maximum absolute atomic E-state index is 14.0. The van der Waals surface area contributed by atoms with Gasteiger partial charge in [0.2, 0.25) is 6.29 Å². The van der Waals surface area contributed by atoms with Crippen molar-refractivity contribution in [3.63, 3.8) is 0 Å². The number of nitrogens with zero attached hydrogens (tertiary/aromatic N) is 3. The van der Waals surface area contributed by atoms with Crippen LogP contribution in [0.1, 0.15) is 0 Å². The minimum Gasteiger partial charge on any atom is -0.451 e. The Labute approximate surface area is 124 Å². The van der Waals surface area contributed by atoms with Gasteiger partial charge in [0.1, 0.15) is 12.4 Å². The van der Waals surface area contributed by atoms with Crippen molar-refractivity contribution in [1.29, 1.82) is 0 Å². The Morgan fingerprint density at radius 1 is 1.24 bits per heavy atom. The first-order valence-corrected chi connectivity index (χ1v) is 6.49. The minimum atomic E-state index is -0.736. The van der Waals surface area contributed by atoms with E-state index in [0.29, 0.717) is 27.6 Å². The lowest BCUT2D eigenvalue weighted by molar-refractivity contribution is 0.0584. The molecule has 0 saturated heterocycles. The van der Waals surface area contributed by atoms with Crippen LogP contribution in [-0.4, -0.2) is 12.8 Å². The molecule has 3 rings (SSSR count). The van der Waals surface area contributed by atoms with Gasteiger partial charge in [0, 0.05) is 27.1 Å². The quantitative estimate of drug-likeness (QED) is 0.474. The molecule has 1 atom stereocenters. The molecule has 0 bridgehead atoms. The average molecular weight is 306 g/mol. The monoisotopic (exact) mass is 305 g/mol. The van der Waals surface area contributed by atoms with Crippen LogP contribution < -0.4 is 9.47 Å². The first-order valence-electron chi connectivity index (χ1n) is 6.11. The standard InChI is InChI=1S/C14H9ClFN3O2/c15-8-5-10(9-3-1-2-4-11(9)16)14-12(6-8)20-13(21-14)7-18-19-17/h1-6,13H,7H2. The molecule has 1 unspecified atom stereocenters. The maximum atomic E-state index is 14.0. The molecule has 1 aliphatic rings. The van der Waals surface area contributed by atoms with Crippen LogP contribution >= 0.6 is 11.6 Å². The highest BCUT2D eigenvalue weighted by Crippen LogP contribution is 2.45. The molecular weight excluding hydrogens is 297 g/mol. The zero-order valence-electron chi connectivity index (χ0n) is 10.7. The summed E-state index contributed by atoms with van der Waals surface area (Å²) in [4.78, 5) is 2.65. The second-order valence-corrected chi connectivity index (χ2v) is 4.78. The van der Waals surface area contributed by atoms with Gasteiger partial charge in [-0.2, -0.15) is 0 Å². The molecule has 0 radical (unpaired) electrons. The van der Waals surface area contributed by atoms with Gasteiger partial charge < -0.3 is 9.47 Å². The van der Waals surface area contributed by atoms with E-state index in [1.165, 1.54) is 6.07 Å². The topological polar surface area (TPSA) is 67.2 Å². The van der Waals surface area contributed by atoms with Gasteiger partial charge in [-0.3, -0.25) is 0 Å². The van der Waals surface area contributed by atoms with Gasteiger partial charge in [-0.1, -0.05) is 34.9 Å². The molecular formula is C14H9ClFN3O2. The van der Waals surface area contributed by atoms with Crippen LogP contribution in [0, 0.1) is 5.82 Å². The molecule has 21 heavy (non-hydrogen) atoms. The number of hydrogen-bond acceptors (Lipinski definition) is 3. The highest BCUT2D eigenvalue weighted by molar-refractivity contribution is 6.31. The predicted octanol–water partition coefficient (Wildman–Crippen LogP) is 4.55. The van der Waals surface area contributed by atoms with E-state index in [0.717, 1.165) is 0 Å². The van der Waals surface area contributed by atoms with Crippen molar-refractivity contribution in [2.75, 3.05) is 6.54 Å². The van der Waals surface area contributed by atoms with Gasteiger partial charge in [0.05, 0.1) is 0 Å². The van der Waals surface area contributed by atoms with E-state index >= 15 is 0 Å². The van der Waals surface area contributed by atoms with E-state index in [1.54, 1.807) is 30.3 Å². The Morgan fingerprint density at radius 3 is 2.81 bits per heavy atom. The van der Waals surface area contributed by atoms with E-state index < -0.39 is 6.29 Å². The molecule has 0 saturated carbocycles. The van der Waals surface area contributed by atoms with Crippen molar-refractivity contribution in [3.05, 3.63) is 57.7 Å². The normalized spacial score (nSPS) is 15.6. The van der Waals surface area contributed by atoms with Crippen LogP contribution in [0.5, 0.6) is 11.5 Å². The summed E-state index contributed by atoms with van der Waals surface area (Å²) in [5, 5.41) is 3.81. The highest BCUT2D eigenvalue weighted by atomic mass is 35.5. The van der Waals surface area contributed by atoms with Crippen LogP contribution in [0.25, 0.3) is 21.6 Å². The van der Waals surface area contributed by atoms with Gasteiger partial charge in [-0.25, -0.2) is 4.39 Å². The van der Waals surface area contributed by atoms with Crippen LogP contribution in [0.2, 0.25) is 5.02 Å². The zero-order valence-corrected chi connectivity index (χ0v) is 11.4. The SMILES string of the molecule is [N-]=[N+]=NCC1Oc2cc(Cl)cc(-c3ccccc3F)c2O1. The smallest absolute Gasteiger partial charge is 0.247 e. The van der Waals surface area contributed by atoms with Crippen molar-refractivity contribution in [3.8, 4) is 22.6 Å². The highest BCUT2D eigenvalue weighted by Gasteiger charge is 2.28. The van der Waals surface area contributed by atoms with Crippen LogP contribution in [0.15, 0.2) is 41.5 Å². The van der Waals surface area contributed by atoms with E-state index in [-0.39, 0.29) is 12.4 Å². The third kappa shape index (κ3) is 2.59. The summed E-state index contributed by atoms with van der Waals surface area (Å²) in [5.41, 5.74) is 9.20. The Bertz CT molecular complexity index is 747. The Kier molecular flexibility index (Phi) is 3.56. The summed E-state index contributed by atoms with van der Waals surface area (Å²) >= 11 is 6.04. The lowest BCUT2D eigenvalue weighted by Crippen LogP contribution is -2.21. The van der Waals surface area contributed by atoms with E-state index in [1.807, 2.05) is 0 Å². The Balaban J connectivity index is 2.05. The van der Waals surface area contributed by atoms with E-state index in [9.17, 15) is 4.39 Å². The lowest BCUT2D eigenvalue weighted by Gasteiger charge is -2.09. The van der Waals surface area contributed by atoms with Crippen molar-refractivity contribution >= 4 is 11.6 Å². The molecule has 2 aromatic carbocycles. The zero-order chi connectivity index (χ0) is 14.8. The molecule has 0 amide bonds. The first-order chi connectivity index (χ1) is 10.2. The van der Waals surface area contributed by atoms with Crippen LogP contribution in [0.4, 0.5) is 4.39 Å². The number of ether oxygens (including phenoxy) is 2. The minimum absolute atomic E-state index is 0.0134. The van der Waals surface area contributed by atoms with Gasteiger partial charge in [0.25, 0.3) is 0 Å². The molecule has 5 nitrogen and oxygen atoms in total. The predicted molar refractivity (Wildman–Crippen MR) is 75.9 cm³/mol. The number of benzene rings is 2. The van der Waals surface area contributed by atoms with Crippen molar-refractivity contribution in [2.45, 2.75) is 6.29 Å². The second kappa shape index (κ2) is 5.52. The molecule has 7 heteroatoms. The fraction of sp³-hybridized carbons (Fsp3) is 0.143. The van der Waals surface area contributed by atoms with E-state index in [4.69, 9.17) is 26.6 Å². The second-order valence-electron chi connectivity index (χ2n) is 4.34. The summed E-state index contributed by atoms with van der Waals surface area (Å²) in [6, 6.07) is 9.50. The number of hydrogen-bond donors (Lipinski definition) is 0. The molecule has 0 aromatic heterocycles. The van der Waals surface area contributed by atoms with Gasteiger partial charge >= 0.3 is 0 Å². The van der Waals surface area contributed by atoms with Gasteiger partial charge in [-0.15, -0.1) is 0 Å². The number of rotatable bonds is 3. The summed E-state index contributed by atoms with van der Waals surface area (Å²) in [5.74, 6) is 0.408. The number of fused-ring (bicyclic) bond motifs is 1. The first kappa shape index (κ1) is 13.5. The molecule has 0 spiro atoms. The van der Waals surface area contributed by atoms with Crippen molar-refractivity contribution in [2.24, 2.45) is 5.11 Å². The molecule has 2 aromatic rings. The van der Waals surface area contributed by atoms with Crippen molar-refractivity contribution in [1.82, 2.24) is 0 Å². The Morgan fingerprint density at radius 2 is 2.05 bits per heavy atom. The molecule has 0 aliphatic carbocycles. The van der Waals surface area contributed by atoms with Crippen molar-refractivity contribution < 1.29 is 13.9 Å². The molecule has 0 N–H and O–H groups in total. The fourth-order valence-corrected chi connectivity index (χ4v) is 2.34. The molecule has 0 fully saturated rings. The lowest BCUT2D eigenvalue weighted by atomic mass is 10.0. The third-order valence-corrected chi connectivity index (χ3v) is 3.20. The summed E-state index contributed by atoms with van der Waals surface area (Å²) < 4.78 is 25.1. The van der Waals surface area contributed by atoms with Crippen LogP contribution in [-0.2, 0) is 0 Å². The summed E-state index contributed by atoms with van der Waals surface area (Å²) in [7, 11) is 0. The Hall–Kier alpha value is -2.43. The van der Waals surface area contributed by atoms with Gasteiger partial charge in [-0.05, 0) is 17.7 Å². The summed E-state index contributed by atoms with van der Waals surface area (Å²) in [6.07, 6.45) is -0.736. The number of halogens is 2. The average Bonchev–Trinajstić information content (AvgIpc) is 2.87. The summed E-state index contributed by atoms with van der Waals surface area (Å²) in [6.45, 7) is 0.0134. The maximum Gasteiger partial charge on any atom is 0.247 e. The third-order valence-electron chi connectivity index (χ3n) is 2.99. The fourth-order valence-electron chi connectivity index (χ4n) is 2.13. The number of azide groups is 1. The molecule has 1 aliphatic heterocycles. The molecule has 106 valence electrons. The molecule has 1 heterocycles. The van der Waals surface area contributed by atoms with E-state index in [2.05, 4.69) is 10.0 Å². The van der Waals surface area contributed by atoms with Crippen LogP contribution in [0.3, 0.4) is 0 Å².